The Balaban J connectivity index is 0.00000334. The number of rotatable bonds is 12. The zero-order chi connectivity index (χ0) is 28.0. The van der Waals surface area contributed by atoms with E-state index >= 15 is 0 Å². The Morgan fingerprint density at radius 3 is 2.43 bits per heavy atom. The van der Waals surface area contributed by atoms with Crippen LogP contribution in [0.5, 0.6) is 5.75 Å². The Kier molecular flexibility index (Phi) is 14.0. The van der Waals surface area contributed by atoms with Gasteiger partial charge in [-0.2, -0.15) is 0 Å². The van der Waals surface area contributed by atoms with Gasteiger partial charge in [0.1, 0.15) is 18.1 Å². The van der Waals surface area contributed by atoms with Crippen molar-refractivity contribution in [3.8, 4) is 5.75 Å². The van der Waals surface area contributed by atoms with Gasteiger partial charge in [0.2, 0.25) is 5.91 Å². The Hall–Kier alpha value is -3.37. The summed E-state index contributed by atoms with van der Waals surface area (Å²) in [6.45, 7) is 8.93. The zero-order valence-electron chi connectivity index (χ0n) is 21.7. The van der Waals surface area contributed by atoms with Crippen molar-refractivity contribution < 1.29 is 29.0 Å². The molecule has 0 bridgehead atoms. The lowest BCUT2D eigenvalue weighted by Gasteiger charge is -2.29. The second-order valence-electron chi connectivity index (χ2n) is 7.86. The topological polar surface area (TPSA) is 119 Å². The molecule has 0 aliphatic heterocycles. The molecule has 0 fully saturated rings. The summed E-state index contributed by atoms with van der Waals surface area (Å²) in [5.41, 5.74) is 0.777. The third-order valence-electron chi connectivity index (χ3n) is 5.21. The van der Waals surface area contributed by atoms with Gasteiger partial charge in [-0.15, -0.1) is 18.3 Å². The molecular formula is C27H36FN3O5S. The van der Waals surface area contributed by atoms with Gasteiger partial charge < -0.3 is 25.7 Å². The maximum Gasteiger partial charge on any atom is 0.254 e. The number of aromatic hydroxyl groups is 1. The minimum Gasteiger partial charge on any atom is -0.508 e. The molecular weight excluding hydrogens is 497 g/mol. The Morgan fingerprint density at radius 1 is 1.19 bits per heavy atom. The first-order valence-corrected chi connectivity index (χ1v) is 13.2. The standard InChI is InChI=1S/C25H30FN3O5S.C2H6/c1-4-10-27-22(31)14-29(15-35-3)25(34)23(32)20(11-17-8-6-5-7-9-17)28-24(33)19-12-18(26)13-21(30)16(19)2;1-2/h4-9,12-13,20,23,30,32H,1,10-11,14-15H2,2-3H3,(H,27,31)(H,28,33);1-2H3. The molecule has 2 rings (SSSR count). The van der Waals surface area contributed by atoms with Crippen LogP contribution in [0.2, 0.25) is 0 Å². The summed E-state index contributed by atoms with van der Waals surface area (Å²) in [6.07, 6.45) is 1.65. The first kappa shape index (κ1) is 31.7. The van der Waals surface area contributed by atoms with Crippen LogP contribution in [0.3, 0.4) is 0 Å². The van der Waals surface area contributed by atoms with Crippen molar-refractivity contribution in [3.63, 3.8) is 0 Å². The number of aliphatic hydroxyl groups is 1. The largest absolute Gasteiger partial charge is 0.508 e. The maximum absolute atomic E-state index is 13.8. The van der Waals surface area contributed by atoms with Crippen LogP contribution >= 0.6 is 11.8 Å². The van der Waals surface area contributed by atoms with Crippen molar-refractivity contribution >= 4 is 29.5 Å². The quantitative estimate of drug-likeness (QED) is 0.246. The summed E-state index contributed by atoms with van der Waals surface area (Å²) in [5, 5.41) is 26.1. The second kappa shape index (κ2) is 16.4. The van der Waals surface area contributed by atoms with Crippen molar-refractivity contribution in [1.29, 1.82) is 0 Å². The minimum absolute atomic E-state index is 0.0929. The minimum atomic E-state index is -1.69. The number of carbonyl (C=O) groups is 3. The van der Waals surface area contributed by atoms with E-state index < -0.39 is 35.7 Å². The molecule has 37 heavy (non-hydrogen) atoms. The highest BCUT2D eigenvalue weighted by Gasteiger charge is 2.32. The van der Waals surface area contributed by atoms with Crippen LogP contribution in [-0.2, 0) is 16.0 Å². The molecule has 0 saturated carbocycles. The number of phenols is 1. The molecule has 3 amide bonds. The number of aliphatic hydroxyl groups excluding tert-OH is 1. The molecule has 0 aromatic heterocycles. The average Bonchev–Trinajstić information content (AvgIpc) is 2.89. The lowest BCUT2D eigenvalue weighted by molar-refractivity contribution is -0.143. The lowest BCUT2D eigenvalue weighted by atomic mass is 9.99. The fourth-order valence-electron chi connectivity index (χ4n) is 3.37. The molecule has 0 aliphatic carbocycles. The molecule has 0 heterocycles. The van der Waals surface area contributed by atoms with E-state index in [2.05, 4.69) is 17.2 Å². The van der Waals surface area contributed by atoms with Crippen LogP contribution in [-0.4, -0.2) is 70.2 Å². The van der Waals surface area contributed by atoms with Crippen LogP contribution in [0.1, 0.15) is 35.3 Å². The van der Waals surface area contributed by atoms with Crippen molar-refractivity contribution in [2.75, 3.05) is 25.2 Å². The molecule has 0 saturated heterocycles. The molecule has 2 aromatic carbocycles. The molecule has 0 spiro atoms. The maximum atomic E-state index is 13.8. The molecule has 2 aromatic rings. The second-order valence-corrected chi connectivity index (χ2v) is 8.69. The van der Waals surface area contributed by atoms with E-state index in [-0.39, 0.29) is 42.3 Å². The Morgan fingerprint density at radius 2 is 1.84 bits per heavy atom. The first-order valence-electron chi connectivity index (χ1n) is 11.8. The molecule has 202 valence electrons. The molecule has 2 atom stereocenters. The monoisotopic (exact) mass is 533 g/mol. The highest BCUT2D eigenvalue weighted by atomic mass is 32.2. The van der Waals surface area contributed by atoms with Gasteiger partial charge in [0, 0.05) is 23.7 Å². The van der Waals surface area contributed by atoms with E-state index in [0.717, 1.165) is 17.7 Å². The summed E-state index contributed by atoms with van der Waals surface area (Å²) >= 11 is 1.29. The average molecular weight is 534 g/mol. The van der Waals surface area contributed by atoms with Crippen LogP contribution in [0, 0.1) is 12.7 Å². The SMILES string of the molecule is C=CCNC(=O)CN(CSC)C(=O)C(O)C(Cc1ccccc1)NC(=O)c1cc(F)cc(O)c1C.CC. The van der Waals surface area contributed by atoms with Crippen LogP contribution in [0.4, 0.5) is 4.39 Å². The Labute approximate surface area is 222 Å². The fourth-order valence-corrected chi connectivity index (χ4v) is 3.90. The van der Waals surface area contributed by atoms with E-state index in [9.17, 15) is 29.0 Å². The summed E-state index contributed by atoms with van der Waals surface area (Å²) < 4.78 is 13.8. The molecule has 4 N–H and O–H groups in total. The number of thioether (sulfide) groups is 1. The normalized spacial score (nSPS) is 11.8. The summed E-state index contributed by atoms with van der Waals surface area (Å²) in [6, 6.07) is 9.69. The van der Waals surface area contributed by atoms with Crippen molar-refractivity contribution in [2.24, 2.45) is 0 Å². The number of hydrogen-bond donors (Lipinski definition) is 4. The van der Waals surface area contributed by atoms with E-state index in [1.54, 1.807) is 36.6 Å². The fraction of sp³-hybridized carbons (Fsp3) is 0.370. The van der Waals surface area contributed by atoms with E-state index in [1.807, 2.05) is 13.8 Å². The highest BCUT2D eigenvalue weighted by molar-refractivity contribution is 7.98. The van der Waals surface area contributed by atoms with E-state index in [1.165, 1.54) is 29.7 Å². The van der Waals surface area contributed by atoms with Gasteiger partial charge in [-0.25, -0.2) is 4.39 Å². The number of hydrogen-bond acceptors (Lipinski definition) is 6. The third kappa shape index (κ3) is 9.89. The number of halogens is 1. The first-order chi connectivity index (χ1) is 17.7. The van der Waals surface area contributed by atoms with Gasteiger partial charge in [0.25, 0.3) is 11.8 Å². The number of nitrogens with zero attached hydrogens (tertiary/aromatic N) is 1. The van der Waals surface area contributed by atoms with Crippen molar-refractivity contribution in [3.05, 3.63) is 77.6 Å². The lowest BCUT2D eigenvalue weighted by Crippen LogP contribution is -2.54. The number of nitrogens with one attached hydrogen (secondary N) is 2. The van der Waals surface area contributed by atoms with Gasteiger partial charge in [-0.1, -0.05) is 50.3 Å². The summed E-state index contributed by atoms with van der Waals surface area (Å²) in [5.74, 6) is -2.97. The number of benzene rings is 2. The predicted molar refractivity (Wildman–Crippen MR) is 145 cm³/mol. The number of amides is 3. The molecule has 2 unspecified atom stereocenters. The molecule has 0 aliphatic rings. The predicted octanol–water partition coefficient (Wildman–Crippen LogP) is 3.02. The van der Waals surface area contributed by atoms with Gasteiger partial charge >= 0.3 is 0 Å². The number of phenolic OH excluding ortho intramolecular Hbond substituents is 1. The van der Waals surface area contributed by atoms with Crippen LogP contribution in [0.15, 0.2) is 55.1 Å². The van der Waals surface area contributed by atoms with E-state index in [0.29, 0.717) is 0 Å². The van der Waals surface area contributed by atoms with Crippen molar-refractivity contribution in [2.45, 2.75) is 39.3 Å². The smallest absolute Gasteiger partial charge is 0.254 e. The highest BCUT2D eigenvalue weighted by Crippen LogP contribution is 2.22. The van der Waals surface area contributed by atoms with Gasteiger partial charge in [0.05, 0.1) is 11.9 Å². The summed E-state index contributed by atoms with van der Waals surface area (Å²) in [4.78, 5) is 39.5. The molecule has 10 heteroatoms. The van der Waals surface area contributed by atoms with Crippen LogP contribution in [0.25, 0.3) is 0 Å². The van der Waals surface area contributed by atoms with E-state index in [4.69, 9.17) is 0 Å². The zero-order valence-corrected chi connectivity index (χ0v) is 22.5. The number of carbonyl (C=O) groups excluding carboxylic acids is 3. The molecule has 0 radical (unpaired) electrons. The molecule has 8 nitrogen and oxygen atoms in total. The Bertz CT molecular complexity index is 1050. The third-order valence-corrected chi connectivity index (χ3v) is 5.78. The van der Waals surface area contributed by atoms with Gasteiger partial charge in [0.15, 0.2) is 6.10 Å². The summed E-state index contributed by atoms with van der Waals surface area (Å²) in [7, 11) is 0. The van der Waals surface area contributed by atoms with Crippen LogP contribution < -0.4 is 10.6 Å². The van der Waals surface area contributed by atoms with Gasteiger partial charge in [-0.3, -0.25) is 14.4 Å². The van der Waals surface area contributed by atoms with Gasteiger partial charge in [-0.05, 0) is 31.2 Å². The van der Waals surface area contributed by atoms with Crippen molar-refractivity contribution in [1.82, 2.24) is 15.5 Å².